The summed E-state index contributed by atoms with van der Waals surface area (Å²) in [5, 5.41) is 3.86. The second kappa shape index (κ2) is 13.3. The van der Waals surface area contributed by atoms with E-state index in [1.807, 2.05) is 51.1 Å². The molecular formula is C29H31Cl2FN2O2S. The zero-order valence-electron chi connectivity index (χ0n) is 21.1. The number of hydrogen-bond acceptors (Lipinski definition) is 3. The number of nitrogens with zero attached hydrogens (tertiary/aromatic N) is 1. The summed E-state index contributed by atoms with van der Waals surface area (Å²) < 4.78 is 14.1. The maximum Gasteiger partial charge on any atom is 0.243 e. The minimum absolute atomic E-state index is 0.0600. The third kappa shape index (κ3) is 8.77. The van der Waals surface area contributed by atoms with Crippen molar-refractivity contribution in [2.24, 2.45) is 0 Å². The van der Waals surface area contributed by atoms with Crippen LogP contribution in [-0.4, -0.2) is 34.0 Å². The Bertz CT molecular complexity index is 1200. The molecule has 4 nitrogen and oxygen atoms in total. The Morgan fingerprint density at radius 2 is 1.57 bits per heavy atom. The van der Waals surface area contributed by atoms with Crippen LogP contribution in [0.25, 0.3) is 0 Å². The van der Waals surface area contributed by atoms with Gasteiger partial charge in [0.25, 0.3) is 0 Å². The topological polar surface area (TPSA) is 49.4 Å². The van der Waals surface area contributed by atoms with Gasteiger partial charge in [0, 0.05) is 39.9 Å². The Balaban J connectivity index is 1.93. The molecule has 3 aromatic carbocycles. The van der Waals surface area contributed by atoms with Crippen LogP contribution in [0.1, 0.15) is 37.5 Å². The highest BCUT2D eigenvalue weighted by molar-refractivity contribution is 7.99. The van der Waals surface area contributed by atoms with E-state index in [2.05, 4.69) is 5.32 Å². The monoisotopic (exact) mass is 560 g/mol. The van der Waals surface area contributed by atoms with Gasteiger partial charge in [-0.2, -0.15) is 0 Å². The number of benzene rings is 3. The van der Waals surface area contributed by atoms with Crippen molar-refractivity contribution >= 4 is 46.8 Å². The minimum atomic E-state index is -0.810. The first-order chi connectivity index (χ1) is 17.5. The number of carbonyl (C=O) groups is 2. The SMILES string of the molecule is CC(C)(C)NC(=O)[C@@H](Cc1ccccc1)N(Cc1c(Cl)cccc1Cl)C(=O)CSCc1ccccc1F. The maximum atomic E-state index is 14.1. The van der Waals surface area contributed by atoms with Gasteiger partial charge in [-0.1, -0.05) is 77.8 Å². The van der Waals surface area contributed by atoms with Gasteiger partial charge in [0.1, 0.15) is 11.9 Å². The van der Waals surface area contributed by atoms with Crippen molar-refractivity contribution in [1.82, 2.24) is 10.2 Å². The Hall–Kier alpha value is -2.54. The van der Waals surface area contributed by atoms with Gasteiger partial charge in [0.2, 0.25) is 11.8 Å². The van der Waals surface area contributed by atoms with Gasteiger partial charge in [0.15, 0.2) is 0 Å². The van der Waals surface area contributed by atoms with Crippen LogP contribution in [-0.2, 0) is 28.3 Å². The van der Waals surface area contributed by atoms with Crippen LogP contribution >= 0.6 is 35.0 Å². The Morgan fingerprint density at radius 3 is 2.19 bits per heavy atom. The molecule has 196 valence electrons. The highest BCUT2D eigenvalue weighted by Gasteiger charge is 2.33. The lowest BCUT2D eigenvalue weighted by Gasteiger charge is -2.34. The van der Waals surface area contributed by atoms with E-state index < -0.39 is 11.6 Å². The number of hydrogen-bond donors (Lipinski definition) is 1. The number of amides is 2. The van der Waals surface area contributed by atoms with Gasteiger partial charge in [-0.25, -0.2) is 4.39 Å². The molecular weight excluding hydrogens is 530 g/mol. The molecule has 0 saturated heterocycles. The van der Waals surface area contributed by atoms with Gasteiger partial charge >= 0.3 is 0 Å². The Labute approximate surface area is 232 Å². The van der Waals surface area contributed by atoms with Crippen LogP contribution in [0.4, 0.5) is 4.39 Å². The fourth-order valence-electron chi connectivity index (χ4n) is 3.81. The first-order valence-electron chi connectivity index (χ1n) is 11.9. The molecule has 1 N–H and O–H groups in total. The van der Waals surface area contributed by atoms with Crippen molar-refractivity contribution in [3.63, 3.8) is 0 Å². The van der Waals surface area contributed by atoms with Crippen LogP contribution in [0.3, 0.4) is 0 Å². The molecule has 0 fully saturated rings. The van der Waals surface area contributed by atoms with E-state index in [1.54, 1.807) is 36.4 Å². The van der Waals surface area contributed by atoms with Crippen molar-refractivity contribution in [2.75, 3.05) is 5.75 Å². The van der Waals surface area contributed by atoms with Crippen molar-refractivity contribution < 1.29 is 14.0 Å². The highest BCUT2D eigenvalue weighted by Crippen LogP contribution is 2.28. The molecule has 0 heterocycles. The van der Waals surface area contributed by atoms with Crippen LogP contribution in [0.5, 0.6) is 0 Å². The molecule has 8 heteroatoms. The molecule has 0 radical (unpaired) electrons. The second-order valence-electron chi connectivity index (χ2n) is 9.75. The maximum absolute atomic E-state index is 14.1. The lowest BCUT2D eigenvalue weighted by atomic mass is 10.0. The molecule has 0 aliphatic rings. The van der Waals surface area contributed by atoms with E-state index in [-0.39, 0.29) is 29.9 Å². The summed E-state index contributed by atoms with van der Waals surface area (Å²) in [6.07, 6.45) is 0.314. The third-order valence-corrected chi connectivity index (χ3v) is 7.27. The Morgan fingerprint density at radius 1 is 0.946 bits per heavy atom. The molecule has 0 saturated carbocycles. The molecule has 37 heavy (non-hydrogen) atoms. The molecule has 0 aliphatic carbocycles. The third-order valence-electron chi connectivity index (χ3n) is 5.60. The summed E-state index contributed by atoms with van der Waals surface area (Å²) in [4.78, 5) is 28.8. The predicted octanol–water partition coefficient (Wildman–Crippen LogP) is 6.92. The molecule has 1 atom stereocenters. The quantitative estimate of drug-likeness (QED) is 0.292. The molecule has 0 spiro atoms. The number of thioether (sulfide) groups is 1. The van der Waals surface area contributed by atoms with Crippen molar-refractivity contribution in [1.29, 1.82) is 0 Å². The van der Waals surface area contributed by atoms with E-state index in [9.17, 15) is 14.0 Å². The molecule has 0 unspecified atom stereocenters. The summed E-state index contributed by atoms with van der Waals surface area (Å²) in [6.45, 7) is 5.75. The summed E-state index contributed by atoms with van der Waals surface area (Å²) in [5.41, 5.74) is 1.51. The fourth-order valence-corrected chi connectivity index (χ4v) is 5.22. The minimum Gasteiger partial charge on any atom is -0.350 e. The van der Waals surface area contributed by atoms with Crippen LogP contribution < -0.4 is 5.32 Å². The molecule has 3 rings (SSSR count). The standard InChI is InChI=1S/C29H31Cl2FN2O2S/c1-29(2,3)33-28(36)26(16-20-10-5-4-6-11-20)34(17-22-23(30)13-9-14-24(22)31)27(35)19-37-18-21-12-7-8-15-25(21)32/h4-15,26H,16-19H2,1-3H3,(H,33,36)/t26-/m1/s1. The highest BCUT2D eigenvalue weighted by atomic mass is 35.5. The van der Waals surface area contributed by atoms with Gasteiger partial charge in [0.05, 0.1) is 5.75 Å². The molecule has 0 aliphatic heterocycles. The molecule has 3 aromatic rings. The zero-order chi connectivity index (χ0) is 27.0. The van der Waals surface area contributed by atoms with Crippen LogP contribution in [0.2, 0.25) is 10.0 Å². The first kappa shape index (κ1) is 29.0. The zero-order valence-corrected chi connectivity index (χ0v) is 23.5. The lowest BCUT2D eigenvalue weighted by Crippen LogP contribution is -2.54. The van der Waals surface area contributed by atoms with Gasteiger partial charge < -0.3 is 10.2 Å². The van der Waals surface area contributed by atoms with E-state index in [0.717, 1.165) is 5.56 Å². The fraction of sp³-hybridized carbons (Fsp3) is 0.310. The molecule has 0 aromatic heterocycles. The van der Waals surface area contributed by atoms with Crippen molar-refractivity contribution in [3.05, 3.63) is 105 Å². The predicted molar refractivity (Wildman–Crippen MR) is 151 cm³/mol. The summed E-state index contributed by atoms with van der Waals surface area (Å²) in [5.74, 6) is -0.454. The average molecular weight is 562 g/mol. The van der Waals surface area contributed by atoms with E-state index in [0.29, 0.717) is 33.3 Å². The van der Waals surface area contributed by atoms with Gasteiger partial charge in [-0.3, -0.25) is 9.59 Å². The first-order valence-corrected chi connectivity index (χ1v) is 13.9. The van der Waals surface area contributed by atoms with Crippen LogP contribution in [0.15, 0.2) is 72.8 Å². The average Bonchev–Trinajstić information content (AvgIpc) is 2.83. The lowest BCUT2D eigenvalue weighted by molar-refractivity contribution is -0.140. The number of nitrogens with one attached hydrogen (secondary N) is 1. The number of rotatable bonds is 10. The summed E-state index contributed by atoms with van der Waals surface area (Å²) in [6, 6.07) is 20.4. The van der Waals surface area contributed by atoms with E-state index in [1.165, 1.54) is 22.7 Å². The van der Waals surface area contributed by atoms with Gasteiger partial charge in [-0.15, -0.1) is 11.8 Å². The number of carbonyl (C=O) groups excluding carboxylic acids is 2. The van der Waals surface area contributed by atoms with E-state index in [4.69, 9.17) is 23.2 Å². The van der Waals surface area contributed by atoms with Crippen LogP contribution in [0, 0.1) is 5.82 Å². The van der Waals surface area contributed by atoms with Crippen molar-refractivity contribution in [3.8, 4) is 0 Å². The second-order valence-corrected chi connectivity index (χ2v) is 11.6. The largest absolute Gasteiger partial charge is 0.350 e. The molecule has 0 bridgehead atoms. The molecule has 2 amide bonds. The van der Waals surface area contributed by atoms with Crippen molar-refractivity contribution in [2.45, 2.75) is 51.1 Å². The van der Waals surface area contributed by atoms with E-state index >= 15 is 0 Å². The van der Waals surface area contributed by atoms with Gasteiger partial charge in [-0.05, 0) is 50.1 Å². The summed E-state index contributed by atoms with van der Waals surface area (Å²) >= 11 is 14.2. The normalized spacial score (nSPS) is 12.2. The Kier molecular flexibility index (Phi) is 10.4. The number of halogens is 3. The smallest absolute Gasteiger partial charge is 0.243 e. The summed E-state index contributed by atoms with van der Waals surface area (Å²) in [7, 11) is 0.